The van der Waals surface area contributed by atoms with Crippen LogP contribution in [0.1, 0.15) is 15.9 Å². The second-order valence-electron chi connectivity index (χ2n) is 3.57. The summed E-state index contributed by atoms with van der Waals surface area (Å²) in [5.41, 5.74) is 0.395. The van der Waals surface area contributed by atoms with E-state index in [0.29, 0.717) is 5.56 Å². The predicted octanol–water partition coefficient (Wildman–Crippen LogP) is 2.67. The van der Waals surface area contributed by atoms with Crippen LogP contribution in [0.5, 0.6) is 0 Å². The number of carbonyl (C=O) groups is 1. The van der Waals surface area contributed by atoms with E-state index >= 15 is 0 Å². The fourth-order valence-electron chi connectivity index (χ4n) is 1.57. The van der Waals surface area contributed by atoms with Gasteiger partial charge in [0.05, 0.1) is 4.92 Å². The lowest BCUT2D eigenvalue weighted by atomic mass is 10.0. The quantitative estimate of drug-likeness (QED) is 0.399. The summed E-state index contributed by atoms with van der Waals surface area (Å²) in [6.45, 7) is 0. The van der Waals surface area contributed by atoms with Crippen molar-refractivity contribution in [3.8, 4) is 6.26 Å². The van der Waals surface area contributed by atoms with Gasteiger partial charge in [-0.2, -0.15) is 5.26 Å². The standard InChI is InChI=1S/C13H9NO3.CHNO/c15-13(10-6-2-1-3-7-10)11-8-4-5-9-12(11)14(16)17;2-1-3/h1-9H;3H. The second kappa shape index (κ2) is 7.28. The molecule has 20 heavy (non-hydrogen) atoms. The normalized spacial score (nSPS) is 8.75. The number of rotatable bonds is 3. The number of nitro groups is 1. The van der Waals surface area contributed by atoms with E-state index in [4.69, 9.17) is 10.4 Å². The molecule has 0 aromatic heterocycles. The molecule has 2 rings (SSSR count). The molecule has 100 valence electrons. The molecule has 0 aliphatic rings. The zero-order chi connectivity index (χ0) is 15.0. The van der Waals surface area contributed by atoms with Crippen molar-refractivity contribution in [3.63, 3.8) is 0 Å². The van der Waals surface area contributed by atoms with Crippen LogP contribution >= 0.6 is 0 Å². The molecule has 0 aliphatic carbocycles. The van der Waals surface area contributed by atoms with Crippen molar-refractivity contribution in [1.82, 2.24) is 0 Å². The number of carbonyl (C=O) groups excluding carboxylic acids is 1. The van der Waals surface area contributed by atoms with Gasteiger partial charge in [0.15, 0.2) is 5.78 Å². The molecular weight excluding hydrogens is 260 g/mol. The van der Waals surface area contributed by atoms with Crippen LogP contribution in [-0.2, 0) is 0 Å². The topological polar surface area (TPSA) is 104 Å². The minimum Gasteiger partial charge on any atom is -0.443 e. The maximum Gasteiger partial charge on any atom is 0.283 e. The van der Waals surface area contributed by atoms with Crippen LogP contribution in [0, 0.1) is 21.6 Å². The molecule has 0 atom stereocenters. The minimum atomic E-state index is -0.545. The number of nitrogens with zero attached hydrogens (tertiary/aromatic N) is 2. The largest absolute Gasteiger partial charge is 0.443 e. The van der Waals surface area contributed by atoms with E-state index < -0.39 is 4.92 Å². The average Bonchev–Trinajstić information content (AvgIpc) is 2.48. The summed E-state index contributed by atoms with van der Waals surface area (Å²) in [7, 11) is 0. The van der Waals surface area contributed by atoms with Gasteiger partial charge in [-0.15, -0.1) is 0 Å². The van der Waals surface area contributed by atoms with Gasteiger partial charge in [0.1, 0.15) is 5.56 Å². The first-order valence-corrected chi connectivity index (χ1v) is 5.48. The molecule has 0 bridgehead atoms. The molecule has 0 heterocycles. The number of nitriles is 1. The van der Waals surface area contributed by atoms with Gasteiger partial charge in [0.25, 0.3) is 11.9 Å². The Kier molecular flexibility index (Phi) is 5.41. The number of ketones is 1. The number of aliphatic hydroxyl groups is 1. The summed E-state index contributed by atoms with van der Waals surface area (Å²) in [6, 6.07) is 14.5. The summed E-state index contributed by atoms with van der Waals surface area (Å²) in [5.74, 6) is -0.335. The SMILES string of the molecule is N#CO.O=C(c1ccccc1)c1ccccc1[N+](=O)[O-]. The van der Waals surface area contributed by atoms with Gasteiger partial charge < -0.3 is 5.11 Å². The summed E-state index contributed by atoms with van der Waals surface area (Å²) in [5, 5.41) is 24.6. The van der Waals surface area contributed by atoms with E-state index in [1.54, 1.807) is 42.5 Å². The summed E-state index contributed by atoms with van der Waals surface area (Å²) < 4.78 is 0. The molecule has 2 aromatic carbocycles. The van der Waals surface area contributed by atoms with Crippen LogP contribution in [0.25, 0.3) is 0 Å². The number of hydrogen-bond donors (Lipinski definition) is 1. The maximum absolute atomic E-state index is 12.1. The van der Waals surface area contributed by atoms with Crippen molar-refractivity contribution >= 4 is 11.5 Å². The van der Waals surface area contributed by atoms with Crippen molar-refractivity contribution < 1.29 is 14.8 Å². The Bertz CT molecular complexity index is 648. The molecule has 0 unspecified atom stereocenters. The van der Waals surface area contributed by atoms with Crippen molar-refractivity contribution in [1.29, 1.82) is 5.26 Å². The monoisotopic (exact) mass is 270 g/mol. The molecule has 0 amide bonds. The van der Waals surface area contributed by atoms with E-state index in [9.17, 15) is 14.9 Å². The Balaban J connectivity index is 0.000000612. The molecule has 2 aromatic rings. The zero-order valence-electron chi connectivity index (χ0n) is 10.3. The third-order valence-corrected chi connectivity index (χ3v) is 2.38. The molecule has 0 fully saturated rings. The van der Waals surface area contributed by atoms with E-state index in [-0.39, 0.29) is 17.0 Å². The Labute approximate surface area is 114 Å². The molecule has 6 nitrogen and oxygen atoms in total. The van der Waals surface area contributed by atoms with Gasteiger partial charge in [-0.25, -0.2) is 0 Å². The highest BCUT2D eigenvalue weighted by Crippen LogP contribution is 2.20. The summed E-state index contributed by atoms with van der Waals surface area (Å²) in [6.07, 6.45) is 0.750. The van der Waals surface area contributed by atoms with Crippen molar-refractivity contribution in [2.75, 3.05) is 0 Å². The lowest BCUT2D eigenvalue weighted by Gasteiger charge is -2.01. The molecular formula is C14H10N2O4. The van der Waals surface area contributed by atoms with Crippen LogP contribution in [-0.4, -0.2) is 15.8 Å². The zero-order valence-corrected chi connectivity index (χ0v) is 10.3. The van der Waals surface area contributed by atoms with Crippen molar-refractivity contribution in [2.45, 2.75) is 0 Å². The highest BCUT2D eigenvalue weighted by molar-refractivity contribution is 6.11. The average molecular weight is 270 g/mol. The maximum atomic E-state index is 12.1. The first-order chi connectivity index (χ1) is 9.61. The van der Waals surface area contributed by atoms with Crippen LogP contribution in [0.3, 0.4) is 0 Å². The molecule has 0 saturated carbocycles. The first kappa shape index (κ1) is 14.9. The van der Waals surface area contributed by atoms with Crippen LogP contribution in [0.15, 0.2) is 54.6 Å². The predicted molar refractivity (Wildman–Crippen MR) is 70.5 cm³/mol. The van der Waals surface area contributed by atoms with Gasteiger partial charge in [-0.05, 0) is 6.07 Å². The number of hydrogen-bond acceptors (Lipinski definition) is 5. The summed E-state index contributed by atoms with van der Waals surface area (Å²) in [4.78, 5) is 22.3. The molecule has 0 spiro atoms. The number of aliphatic hydroxyl groups excluding tert-OH is 1. The van der Waals surface area contributed by atoms with Crippen LogP contribution in [0.2, 0.25) is 0 Å². The van der Waals surface area contributed by atoms with Crippen molar-refractivity contribution in [3.05, 3.63) is 75.8 Å². The van der Waals surface area contributed by atoms with E-state index in [0.717, 1.165) is 6.26 Å². The van der Waals surface area contributed by atoms with Gasteiger partial charge in [-0.3, -0.25) is 14.9 Å². The third-order valence-electron chi connectivity index (χ3n) is 2.38. The number of benzene rings is 2. The minimum absolute atomic E-state index is 0.115. The third kappa shape index (κ3) is 3.65. The van der Waals surface area contributed by atoms with Gasteiger partial charge in [-0.1, -0.05) is 42.5 Å². The van der Waals surface area contributed by atoms with Gasteiger partial charge >= 0.3 is 0 Å². The molecule has 0 aliphatic heterocycles. The molecule has 0 saturated heterocycles. The molecule has 1 N–H and O–H groups in total. The molecule has 0 radical (unpaired) electrons. The Morgan fingerprint density at radius 3 is 2.15 bits per heavy atom. The van der Waals surface area contributed by atoms with Crippen molar-refractivity contribution in [2.24, 2.45) is 0 Å². The van der Waals surface area contributed by atoms with Gasteiger partial charge in [0.2, 0.25) is 0 Å². The van der Waals surface area contributed by atoms with Crippen LogP contribution < -0.4 is 0 Å². The van der Waals surface area contributed by atoms with E-state index in [2.05, 4.69) is 0 Å². The smallest absolute Gasteiger partial charge is 0.283 e. The second-order valence-corrected chi connectivity index (χ2v) is 3.57. The first-order valence-electron chi connectivity index (χ1n) is 5.48. The Hall–Kier alpha value is -3.20. The molecule has 6 heteroatoms. The number of nitro benzene ring substituents is 1. The van der Waals surface area contributed by atoms with Gasteiger partial charge in [0, 0.05) is 11.6 Å². The fraction of sp³-hybridized carbons (Fsp3) is 0. The highest BCUT2D eigenvalue weighted by atomic mass is 16.6. The fourth-order valence-corrected chi connectivity index (χ4v) is 1.57. The highest BCUT2D eigenvalue weighted by Gasteiger charge is 2.19. The lowest BCUT2D eigenvalue weighted by molar-refractivity contribution is -0.385. The Morgan fingerprint density at radius 1 is 1.10 bits per heavy atom. The lowest BCUT2D eigenvalue weighted by Crippen LogP contribution is -2.04. The number of para-hydroxylation sites is 1. The van der Waals surface area contributed by atoms with Crippen LogP contribution in [0.4, 0.5) is 5.69 Å². The van der Waals surface area contributed by atoms with E-state index in [1.807, 2.05) is 0 Å². The summed E-state index contributed by atoms with van der Waals surface area (Å²) >= 11 is 0. The Morgan fingerprint density at radius 2 is 1.60 bits per heavy atom. The van der Waals surface area contributed by atoms with E-state index in [1.165, 1.54) is 12.1 Å².